The number of amides is 1. The summed E-state index contributed by atoms with van der Waals surface area (Å²) in [5.74, 6) is 0.881. The maximum absolute atomic E-state index is 12.5. The number of hydrogen-bond acceptors (Lipinski definition) is 3. The van der Waals surface area contributed by atoms with Crippen LogP contribution in [-0.4, -0.2) is 24.6 Å². The minimum atomic E-state index is -0.351. The van der Waals surface area contributed by atoms with Crippen molar-refractivity contribution in [2.75, 3.05) is 18.1 Å². The first-order valence-electron chi connectivity index (χ1n) is 7.40. The number of rotatable bonds is 4. The number of benzene rings is 1. The summed E-state index contributed by atoms with van der Waals surface area (Å²) in [5.41, 5.74) is 8.34. The van der Waals surface area contributed by atoms with Crippen LogP contribution in [0.5, 0.6) is 5.75 Å². The molecule has 0 fully saturated rings. The normalized spacial score (nSPS) is 16.2. The molecule has 114 valence electrons. The average molecular weight is 288 g/mol. The molecular weight excluding hydrogens is 264 g/mol. The molecule has 0 aromatic heterocycles. The molecule has 4 heteroatoms. The standard InChI is InChI=1S/C17H24N2O2/c1-5-21-13-6-7-15-14(10-13)12(2)11-17(3,4)19(15)16(20)8-9-18/h6-7,10-11H,5,8-9,18H2,1-4H3. The molecule has 0 bridgehead atoms. The Bertz CT molecular complexity index is 576. The summed E-state index contributed by atoms with van der Waals surface area (Å²) in [6.45, 7) is 9.11. The largest absolute Gasteiger partial charge is 0.494 e. The Balaban J connectivity index is 2.52. The van der Waals surface area contributed by atoms with Gasteiger partial charge in [0.25, 0.3) is 0 Å². The molecule has 2 rings (SSSR count). The molecule has 1 aromatic carbocycles. The van der Waals surface area contributed by atoms with E-state index in [1.165, 1.54) is 0 Å². The van der Waals surface area contributed by atoms with Crippen LogP contribution in [-0.2, 0) is 4.79 Å². The third kappa shape index (κ3) is 2.95. The molecule has 1 aromatic rings. The summed E-state index contributed by atoms with van der Waals surface area (Å²) in [6, 6.07) is 5.88. The van der Waals surface area contributed by atoms with Crippen LogP contribution in [0.4, 0.5) is 5.69 Å². The Kier molecular flexibility index (Phi) is 4.37. The Morgan fingerprint density at radius 2 is 2.10 bits per heavy atom. The van der Waals surface area contributed by atoms with E-state index in [9.17, 15) is 4.79 Å². The van der Waals surface area contributed by atoms with E-state index in [0.29, 0.717) is 19.6 Å². The van der Waals surface area contributed by atoms with Gasteiger partial charge in [-0.2, -0.15) is 0 Å². The molecule has 1 amide bonds. The minimum absolute atomic E-state index is 0.0525. The Morgan fingerprint density at radius 3 is 2.71 bits per heavy atom. The summed E-state index contributed by atoms with van der Waals surface area (Å²) in [6.07, 6.45) is 2.47. The van der Waals surface area contributed by atoms with E-state index in [1.807, 2.05) is 43.9 Å². The lowest BCUT2D eigenvalue weighted by atomic mass is 9.88. The van der Waals surface area contributed by atoms with E-state index in [0.717, 1.165) is 22.6 Å². The third-order valence-corrected chi connectivity index (χ3v) is 3.70. The van der Waals surface area contributed by atoms with E-state index in [1.54, 1.807) is 0 Å². The van der Waals surface area contributed by atoms with Gasteiger partial charge in [-0.1, -0.05) is 6.08 Å². The van der Waals surface area contributed by atoms with Crippen molar-refractivity contribution in [2.45, 2.75) is 39.7 Å². The molecule has 0 radical (unpaired) electrons. The lowest BCUT2D eigenvalue weighted by Gasteiger charge is -2.41. The van der Waals surface area contributed by atoms with Gasteiger partial charge in [-0.25, -0.2) is 0 Å². The second-order valence-electron chi connectivity index (χ2n) is 5.86. The molecule has 4 nitrogen and oxygen atoms in total. The first kappa shape index (κ1) is 15.6. The van der Waals surface area contributed by atoms with E-state index in [2.05, 4.69) is 13.0 Å². The van der Waals surface area contributed by atoms with Gasteiger partial charge < -0.3 is 15.4 Å². The van der Waals surface area contributed by atoms with Crippen LogP contribution in [0.1, 0.15) is 39.7 Å². The van der Waals surface area contributed by atoms with E-state index in [4.69, 9.17) is 10.5 Å². The number of carbonyl (C=O) groups excluding carboxylic acids is 1. The summed E-state index contributed by atoms with van der Waals surface area (Å²) >= 11 is 0. The Labute approximate surface area is 126 Å². The van der Waals surface area contributed by atoms with E-state index >= 15 is 0 Å². The zero-order chi connectivity index (χ0) is 15.6. The van der Waals surface area contributed by atoms with Gasteiger partial charge in [0.05, 0.1) is 17.8 Å². The number of anilines is 1. The maximum atomic E-state index is 12.5. The Morgan fingerprint density at radius 1 is 1.38 bits per heavy atom. The lowest BCUT2D eigenvalue weighted by Crippen LogP contribution is -2.49. The molecule has 21 heavy (non-hydrogen) atoms. The molecule has 0 saturated carbocycles. The first-order chi connectivity index (χ1) is 9.90. The molecule has 0 aliphatic carbocycles. The third-order valence-electron chi connectivity index (χ3n) is 3.70. The zero-order valence-corrected chi connectivity index (χ0v) is 13.3. The fraction of sp³-hybridized carbons (Fsp3) is 0.471. The maximum Gasteiger partial charge on any atom is 0.229 e. The summed E-state index contributed by atoms with van der Waals surface area (Å²) < 4.78 is 5.56. The van der Waals surface area contributed by atoms with Crippen LogP contribution in [0.2, 0.25) is 0 Å². The average Bonchev–Trinajstić information content (AvgIpc) is 2.39. The predicted octanol–water partition coefficient (Wildman–Crippen LogP) is 2.96. The smallest absolute Gasteiger partial charge is 0.229 e. The van der Waals surface area contributed by atoms with Gasteiger partial charge in [0.2, 0.25) is 5.91 Å². The zero-order valence-electron chi connectivity index (χ0n) is 13.3. The number of hydrogen-bond donors (Lipinski definition) is 1. The van der Waals surface area contributed by atoms with Crippen molar-refractivity contribution in [2.24, 2.45) is 5.73 Å². The number of carbonyl (C=O) groups is 1. The van der Waals surface area contributed by atoms with Gasteiger partial charge in [0, 0.05) is 18.5 Å². The summed E-state index contributed by atoms with van der Waals surface area (Å²) in [5, 5.41) is 0. The highest BCUT2D eigenvalue weighted by atomic mass is 16.5. The summed E-state index contributed by atoms with van der Waals surface area (Å²) in [7, 11) is 0. The van der Waals surface area contributed by atoms with Gasteiger partial charge in [-0.3, -0.25) is 4.79 Å². The van der Waals surface area contributed by atoms with Crippen LogP contribution in [0, 0.1) is 0 Å². The topological polar surface area (TPSA) is 55.6 Å². The molecule has 1 heterocycles. The first-order valence-corrected chi connectivity index (χ1v) is 7.40. The lowest BCUT2D eigenvalue weighted by molar-refractivity contribution is -0.119. The van der Waals surface area contributed by atoms with Crippen LogP contribution in [0.25, 0.3) is 5.57 Å². The number of nitrogens with two attached hydrogens (primary N) is 1. The van der Waals surface area contributed by atoms with Crippen molar-refractivity contribution < 1.29 is 9.53 Å². The minimum Gasteiger partial charge on any atom is -0.494 e. The van der Waals surface area contributed by atoms with Crippen molar-refractivity contribution in [3.8, 4) is 5.75 Å². The van der Waals surface area contributed by atoms with Crippen molar-refractivity contribution in [1.29, 1.82) is 0 Å². The van der Waals surface area contributed by atoms with Gasteiger partial charge in [-0.05, 0) is 51.5 Å². The number of ether oxygens (including phenoxy) is 1. The number of nitrogens with zero attached hydrogens (tertiary/aromatic N) is 1. The van der Waals surface area contributed by atoms with Crippen LogP contribution < -0.4 is 15.4 Å². The SMILES string of the molecule is CCOc1ccc2c(c1)C(C)=CC(C)(C)N2C(=O)CCN. The van der Waals surface area contributed by atoms with Crippen LogP contribution >= 0.6 is 0 Å². The van der Waals surface area contributed by atoms with Crippen LogP contribution in [0.15, 0.2) is 24.3 Å². The fourth-order valence-corrected chi connectivity index (χ4v) is 2.96. The van der Waals surface area contributed by atoms with Crippen molar-refractivity contribution in [3.05, 3.63) is 29.8 Å². The van der Waals surface area contributed by atoms with Gasteiger partial charge in [-0.15, -0.1) is 0 Å². The highest BCUT2D eigenvalue weighted by molar-refractivity contribution is 6.00. The highest BCUT2D eigenvalue weighted by Crippen LogP contribution is 2.40. The molecule has 0 unspecified atom stereocenters. The molecule has 1 aliphatic heterocycles. The fourth-order valence-electron chi connectivity index (χ4n) is 2.96. The van der Waals surface area contributed by atoms with E-state index < -0.39 is 0 Å². The highest BCUT2D eigenvalue weighted by Gasteiger charge is 2.35. The number of allylic oxidation sites excluding steroid dienone is 1. The van der Waals surface area contributed by atoms with Crippen molar-refractivity contribution in [1.82, 2.24) is 0 Å². The number of fused-ring (bicyclic) bond motifs is 1. The van der Waals surface area contributed by atoms with Gasteiger partial charge in [0.15, 0.2) is 0 Å². The molecular formula is C17H24N2O2. The van der Waals surface area contributed by atoms with Gasteiger partial charge in [0.1, 0.15) is 5.75 Å². The molecule has 0 saturated heterocycles. The second-order valence-corrected chi connectivity index (χ2v) is 5.86. The Hall–Kier alpha value is -1.81. The monoisotopic (exact) mass is 288 g/mol. The van der Waals surface area contributed by atoms with Crippen molar-refractivity contribution in [3.63, 3.8) is 0 Å². The predicted molar refractivity (Wildman–Crippen MR) is 86.5 cm³/mol. The van der Waals surface area contributed by atoms with Crippen molar-refractivity contribution >= 4 is 17.2 Å². The molecule has 2 N–H and O–H groups in total. The molecule has 0 atom stereocenters. The quantitative estimate of drug-likeness (QED) is 0.926. The van der Waals surface area contributed by atoms with E-state index in [-0.39, 0.29) is 11.4 Å². The van der Waals surface area contributed by atoms with Crippen LogP contribution in [0.3, 0.4) is 0 Å². The molecule has 0 spiro atoms. The van der Waals surface area contributed by atoms with Gasteiger partial charge >= 0.3 is 0 Å². The summed E-state index contributed by atoms with van der Waals surface area (Å²) in [4.78, 5) is 14.3. The molecule has 1 aliphatic rings. The second kappa shape index (κ2) is 5.90.